The Kier molecular flexibility index (Phi) is 3.06. The highest BCUT2D eigenvalue weighted by molar-refractivity contribution is 7.84. The zero-order valence-electron chi connectivity index (χ0n) is 10.7. The molecule has 0 unspecified atom stereocenters. The van der Waals surface area contributed by atoms with E-state index in [9.17, 15) is 18.0 Å². The van der Waals surface area contributed by atoms with Gasteiger partial charge in [-0.05, 0) is 18.6 Å². The van der Waals surface area contributed by atoms with Gasteiger partial charge in [0.15, 0.2) is 0 Å². The predicted octanol–water partition coefficient (Wildman–Crippen LogP) is -0.963. The molecule has 3 rings (SSSR count). The van der Waals surface area contributed by atoms with E-state index in [1.54, 1.807) is 6.07 Å². The molecule has 3 heterocycles. The number of likely N-dealkylation sites (tertiary alicyclic amines) is 1. The fraction of sp³-hybridized carbons (Fsp3) is 0.364. The Hall–Kier alpha value is -2.20. The number of amides is 2. The quantitative estimate of drug-likeness (QED) is 0.421. The first-order chi connectivity index (χ1) is 9.89. The fourth-order valence-corrected chi connectivity index (χ4v) is 3.58. The van der Waals surface area contributed by atoms with Crippen LogP contribution in [0.2, 0.25) is 0 Å². The largest absolute Gasteiger partial charge is 0.362 e. The smallest absolute Gasteiger partial charge is 0.325 e. The van der Waals surface area contributed by atoms with E-state index >= 15 is 0 Å². The zero-order valence-corrected chi connectivity index (χ0v) is 11.5. The summed E-state index contributed by atoms with van der Waals surface area (Å²) in [6.07, 6.45) is 4.67. The molecule has 2 atom stereocenters. The molecule has 10 heteroatoms. The molecule has 1 aromatic rings. The maximum absolute atomic E-state index is 12.1. The molecule has 0 spiro atoms. The highest BCUT2D eigenvalue weighted by Gasteiger charge is 2.59. The standard InChI is InChI=1S/C11H12N4O5S/c16-9(2-1-7-3-5-12-13-7)14-6-4-8-10(14)11(17)15(8)21(18,19)20/h1-3,5,8,10H,4,6H2,(H,12,13)(H,18,19,20)/b2-1+/t8-,10+/m1/s1. The normalized spacial score (nSPS) is 25.3. The second-order valence-electron chi connectivity index (χ2n) is 4.79. The van der Waals surface area contributed by atoms with Crippen LogP contribution in [0.3, 0.4) is 0 Å². The van der Waals surface area contributed by atoms with E-state index in [1.807, 2.05) is 0 Å². The molecule has 2 aliphatic rings. The molecule has 0 saturated carbocycles. The summed E-state index contributed by atoms with van der Waals surface area (Å²) in [6, 6.07) is 0.188. The van der Waals surface area contributed by atoms with Crippen molar-refractivity contribution in [1.82, 2.24) is 19.4 Å². The van der Waals surface area contributed by atoms with Crippen molar-refractivity contribution >= 4 is 28.2 Å². The Morgan fingerprint density at radius 2 is 2.29 bits per heavy atom. The Balaban J connectivity index is 1.72. The van der Waals surface area contributed by atoms with Gasteiger partial charge in [0.05, 0.1) is 11.7 Å². The van der Waals surface area contributed by atoms with Gasteiger partial charge in [0.2, 0.25) is 5.91 Å². The molecule has 0 radical (unpaired) electrons. The lowest BCUT2D eigenvalue weighted by Crippen LogP contribution is -2.68. The Bertz CT molecular complexity index is 711. The van der Waals surface area contributed by atoms with Crippen molar-refractivity contribution in [2.45, 2.75) is 18.5 Å². The number of aromatic amines is 1. The van der Waals surface area contributed by atoms with Crippen molar-refractivity contribution in [3.63, 3.8) is 0 Å². The van der Waals surface area contributed by atoms with Gasteiger partial charge in [0, 0.05) is 18.8 Å². The van der Waals surface area contributed by atoms with Gasteiger partial charge in [-0.25, -0.2) is 4.31 Å². The molecule has 2 aliphatic heterocycles. The van der Waals surface area contributed by atoms with Crippen molar-refractivity contribution in [1.29, 1.82) is 0 Å². The van der Waals surface area contributed by atoms with Gasteiger partial charge in [0.1, 0.15) is 6.04 Å². The lowest BCUT2D eigenvalue weighted by molar-refractivity contribution is -0.149. The summed E-state index contributed by atoms with van der Waals surface area (Å²) >= 11 is 0. The van der Waals surface area contributed by atoms with Gasteiger partial charge in [-0.1, -0.05) is 0 Å². The first kappa shape index (κ1) is 13.8. The maximum Gasteiger partial charge on any atom is 0.362 e. The number of nitrogens with zero attached hydrogens (tertiary/aromatic N) is 3. The van der Waals surface area contributed by atoms with Crippen molar-refractivity contribution in [2.24, 2.45) is 0 Å². The third kappa shape index (κ3) is 2.21. The fourth-order valence-electron chi connectivity index (χ4n) is 2.68. The number of carbonyl (C=O) groups is 2. The van der Waals surface area contributed by atoms with Crippen LogP contribution in [0.5, 0.6) is 0 Å². The van der Waals surface area contributed by atoms with Crippen molar-refractivity contribution in [3.8, 4) is 0 Å². The van der Waals surface area contributed by atoms with Crippen LogP contribution in [-0.2, 0) is 19.9 Å². The number of β-lactam (4-membered cyclic amide) rings is 1. The number of hydrogen-bond acceptors (Lipinski definition) is 5. The summed E-state index contributed by atoms with van der Waals surface area (Å²) in [7, 11) is -4.55. The average Bonchev–Trinajstić information content (AvgIpc) is 3.00. The highest BCUT2D eigenvalue weighted by atomic mass is 32.2. The van der Waals surface area contributed by atoms with Crippen LogP contribution >= 0.6 is 0 Å². The molecule has 0 aromatic carbocycles. The van der Waals surface area contributed by atoms with Crippen LogP contribution in [0.15, 0.2) is 18.3 Å². The molecule has 2 N–H and O–H groups in total. The lowest BCUT2D eigenvalue weighted by atomic mass is 10.0. The Morgan fingerprint density at radius 3 is 2.90 bits per heavy atom. The average molecular weight is 312 g/mol. The molecule has 21 heavy (non-hydrogen) atoms. The molecule has 112 valence electrons. The molecular weight excluding hydrogens is 300 g/mol. The topological polar surface area (TPSA) is 124 Å². The van der Waals surface area contributed by atoms with Gasteiger partial charge in [-0.3, -0.25) is 19.2 Å². The molecule has 2 fully saturated rings. The third-order valence-electron chi connectivity index (χ3n) is 3.60. The highest BCUT2D eigenvalue weighted by Crippen LogP contribution is 2.35. The van der Waals surface area contributed by atoms with Crippen LogP contribution < -0.4 is 0 Å². The van der Waals surface area contributed by atoms with E-state index in [2.05, 4.69) is 10.2 Å². The number of H-pyrrole nitrogens is 1. The summed E-state index contributed by atoms with van der Waals surface area (Å²) in [5, 5.41) is 6.39. The molecular formula is C11H12N4O5S. The Morgan fingerprint density at radius 1 is 1.52 bits per heavy atom. The minimum Gasteiger partial charge on any atom is -0.325 e. The van der Waals surface area contributed by atoms with E-state index in [0.717, 1.165) is 0 Å². The molecule has 9 nitrogen and oxygen atoms in total. The second-order valence-corrected chi connectivity index (χ2v) is 6.08. The van der Waals surface area contributed by atoms with Crippen molar-refractivity contribution in [3.05, 3.63) is 24.0 Å². The van der Waals surface area contributed by atoms with Crippen LogP contribution in [0.25, 0.3) is 6.08 Å². The van der Waals surface area contributed by atoms with Crippen molar-refractivity contribution in [2.75, 3.05) is 6.54 Å². The summed E-state index contributed by atoms with van der Waals surface area (Å²) in [4.78, 5) is 25.2. The van der Waals surface area contributed by atoms with E-state index in [-0.39, 0.29) is 12.5 Å². The van der Waals surface area contributed by atoms with E-state index in [4.69, 9.17) is 4.55 Å². The van der Waals surface area contributed by atoms with Gasteiger partial charge >= 0.3 is 10.3 Å². The minimum atomic E-state index is -4.55. The monoisotopic (exact) mass is 312 g/mol. The predicted molar refractivity (Wildman–Crippen MR) is 69.9 cm³/mol. The molecule has 2 amide bonds. The van der Waals surface area contributed by atoms with Gasteiger partial charge in [0.25, 0.3) is 5.91 Å². The molecule has 1 aromatic heterocycles. The second kappa shape index (κ2) is 4.67. The van der Waals surface area contributed by atoms with Crippen LogP contribution in [0, 0.1) is 0 Å². The number of carbonyl (C=O) groups excluding carboxylic acids is 2. The molecule has 0 aliphatic carbocycles. The van der Waals surface area contributed by atoms with E-state index in [0.29, 0.717) is 16.4 Å². The number of hydrogen-bond donors (Lipinski definition) is 2. The first-order valence-corrected chi connectivity index (χ1v) is 7.58. The van der Waals surface area contributed by atoms with E-state index in [1.165, 1.54) is 23.2 Å². The summed E-state index contributed by atoms with van der Waals surface area (Å²) < 4.78 is 31.5. The minimum absolute atomic E-state index is 0.263. The number of rotatable bonds is 3. The SMILES string of the molecule is O=C(/C=C/c1ccn[nH]1)N1CC[C@@H]2[C@H]1C(=O)N2S(=O)(=O)O. The third-order valence-corrected chi connectivity index (χ3v) is 4.54. The van der Waals surface area contributed by atoms with Crippen LogP contribution in [-0.4, -0.2) is 62.8 Å². The first-order valence-electron chi connectivity index (χ1n) is 6.18. The Labute approximate surface area is 120 Å². The number of fused-ring (bicyclic) bond motifs is 1. The van der Waals surface area contributed by atoms with E-state index < -0.39 is 28.3 Å². The van der Waals surface area contributed by atoms with Crippen LogP contribution in [0.4, 0.5) is 0 Å². The lowest BCUT2D eigenvalue weighted by Gasteiger charge is -2.42. The maximum atomic E-state index is 12.1. The zero-order chi connectivity index (χ0) is 15.2. The summed E-state index contributed by atoms with van der Waals surface area (Å²) in [5.74, 6) is -1.16. The van der Waals surface area contributed by atoms with Gasteiger partial charge < -0.3 is 4.90 Å². The van der Waals surface area contributed by atoms with Crippen LogP contribution in [0.1, 0.15) is 12.1 Å². The molecule has 2 saturated heterocycles. The number of nitrogens with one attached hydrogen (secondary N) is 1. The van der Waals surface area contributed by atoms with Gasteiger partial charge in [-0.2, -0.15) is 13.5 Å². The summed E-state index contributed by atoms with van der Waals surface area (Å²) in [6.45, 7) is 0.263. The number of aromatic nitrogens is 2. The summed E-state index contributed by atoms with van der Waals surface area (Å²) in [5.41, 5.74) is 0.638. The van der Waals surface area contributed by atoms with Gasteiger partial charge in [-0.15, -0.1) is 0 Å². The van der Waals surface area contributed by atoms with Crippen molar-refractivity contribution < 1.29 is 22.6 Å². The molecule has 0 bridgehead atoms.